The molecule has 0 bridgehead atoms. The van der Waals surface area contributed by atoms with Crippen LogP contribution in [0.3, 0.4) is 0 Å². The minimum absolute atomic E-state index is 0.249. The van der Waals surface area contributed by atoms with E-state index in [1.807, 2.05) is 37.3 Å². The van der Waals surface area contributed by atoms with Gasteiger partial charge in [-0.2, -0.15) is 5.10 Å². The highest BCUT2D eigenvalue weighted by Gasteiger charge is 2.17. The van der Waals surface area contributed by atoms with Crippen LogP contribution in [0.4, 0.5) is 0 Å². The van der Waals surface area contributed by atoms with Gasteiger partial charge in [0.1, 0.15) is 6.04 Å². The number of benzene rings is 1. The van der Waals surface area contributed by atoms with Crippen LogP contribution in [0.1, 0.15) is 23.1 Å². The molecule has 20 heavy (non-hydrogen) atoms. The Hall–Kier alpha value is -2.63. The highest BCUT2D eigenvalue weighted by atomic mass is 16.2. The minimum Gasteiger partial charge on any atom is -0.368 e. The first-order valence-electron chi connectivity index (χ1n) is 6.21. The molecule has 0 fully saturated rings. The average Bonchev–Trinajstić information content (AvgIpc) is 2.81. The van der Waals surface area contributed by atoms with Crippen LogP contribution in [0.2, 0.25) is 0 Å². The molecule has 0 saturated carbocycles. The molecule has 1 aromatic carbocycles. The summed E-state index contributed by atoms with van der Waals surface area (Å²) in [5.74, 6) is -1.01. The molecule has 0 aliphatic heterocycles. The molecule has 104 valence electrons. The molecule has 1 heterocycles. The van der Waals surface area contributed by atoms with Crippen LogP contribution >= 0.6 is 0 Å². The summed E-state index contributed by atoms with van der Waals surface area (Å²) < 4.78 is 1.67. The predicted molar refractivity (Wildman–Crippen MR) is 74.4 cm³/mol. The number of carbonyl (C=O) groups excluding carboxylic acids is 2. The van der Waals surface area contributed by atoms with Gasteiger partial charge in [-0.15, -0.1) is 0 Å². The van der Waals surface area contributed by atoms with Crippen molar-refractivity contribution in [1.82, 2.24) is 15.1 Å². The first-order valence-corrected chi connectivity index (χ1v) is 6.21. The monoisotopic (exact) mass is 272 g/mol. The number of aromatic nitrogens is 2. The molecule has 0 aliphatic rings. The molecule has 0 radical (unpaired) electrons. The van der Waals surface area contributed by atoms with Crippen LogP contribution in [-0.2, 0) is 4.79 Å². The van der Waals surface area contributed by atoms with Crippen molar-refractivity contribution < 1.29 is 9.59 Å². The number of para-hydroxylation sites is 1. The zero-order valence-electron chi connectivity index (χ0n) is 11.3. The molecular weight excluding hydrogens is 256 g/mol. The van der Waals surface area contributed by atoms with E-state index in [0.29, 0.717) is 0 Å². The predicted octanol–water partition coefficient (Wildman–Crippen LogP) is 0.784. The summed E-state index contributed by atoms with van der Waals surface area (Å²) in [6.07, 6.45) is 0. The number of hydrogen-bond donors (Lipinski definition) is 2. The van der Waals surface area contributed by atoms with Crippen molar-refractivity contribution in [2.45, 2.75) is 19.9 Å². The van der Waals surface area contributed by atoms with E-state index in [1.165, 1.54) is 6.92 Å². The normalized spacial score (nSPS) is 11.9. The Kier molecular flexibility index (Phi) is 3.84. The van der Waals surface area contributed by atoms with Crippen molar-refractivity contribution in [3.05, 3.63) is 47.8 Å². The van der Waals surface area contributed by atoms with Gasteiger partial charge in [0, 0.05) is 5.69 Å². The maximum atomic E-state index is 12.0. The largest absolute Gasteiger partial charge is 0.368 e. The van der Waals surface area contributed by atoms with Crippen LogP contribution in [0.15, 0.2) is 36.4 Å². The summed E-state index contributed by atoms with van der Waals surface area (Å²) in [7, 11) is 0. The minimum atomic E-state index is -0.732. The van der Waals surface area contributed by atoms with Crippen LogP contribution < -0.4 is 11.1 Å². The third-order valence-corrected chi connectivity index (χ3v) is 2.90. The van der Waals surface area contributed by atoms with Crippen molar-refractivity contribution in [3.8, 4) is 5.69 Å². The number of primary amides is 1. The molecule has 2 rings (SSSR count). The van der Waals surface area contributed by atoms with Gasteiger partial charge in [0.2, 0.25) is 5.91 Å². The van der Waals surface area contributed by atoms with Gasteiger partial charge in [-0.1, -0.05) is 18.2 Å². The van der Waals surface area contributed by atoms with E-state index in [1.54, 1.807) is 10.7 Å². The Labute approximate surface area is 116 Å². The molecule has 2 amide bonds. The summed E-state index contributed by atoms with van der Waals surface area (Å²) in [4.78, 5) is 22.9. The molecule has 6 heteroatoms. The number of aryl methyl sites for hydroxylation is 1. The van der Waals surface area contributed by atoms with Crippen molar-refractivity contribution in [2.24, 2.45) is 5.73 Å². The molecule has 2 aromatic rings. The number of hydrogen-bond acceptors (Lipinski definition) is 3. The van der Waals surface area contributed by atoms with E-state index in [-0.39, 0.29) is 5.69 Å². The van der Waals surface area contributed by atoms with E-state index >= 15 is 0 Å². The summed E-state index contributed by atoms with van der Waals surface area (Å²) in [6.45, 7) is 3.38. The second kappa shape index (κ2) is 5.56. The molecule has 0 saturated heterocycles. The van der Waals surface area contributed by atoms with E-state index < -0.39 is 17.9 Å². The standard InChI is InChI=1S/C14H16N4O2/c1-9-8-12(14(20)16-10(2)13(15)19)17-18(9)11-6-4-3-5-7-11/h3-8,10H,1-2H3,(H2,15,19)(H,16,20). The maximum Gasteiger partial charge on any atom is 0.272 e. The molecule has 3 N–H and O–H groups in total. The third-order valence-electron chi connectivity index (χ3n) is 2.90. The average molecular weight is 272 g/mol. The summed E-state index contributed by atoms with van der Waals surface area (Å²) in [5.41, 5.74) is 7.05. The number of nitrogens with two attached hydrogens (primary N) is 1. The zero-order valence-corrected chi connectivity index (χ0v) is 11.3. The quantitative estimate of drug-likeness (QED) is 0.862. The lowest BCUT2D eigenvalue weighted by atomic mass is 10.3. The molecule has 0 spiro atoms. The van der Waals surface area contributed by atoms with Gasteiger partial charge in [0.05, 0.1) is 5.69 Å². The lowest BCUT2D eigenvalue weighted by Crippen LogP contribution is -2.42. The first kappa shape index (κ1) is 13.8. The summed E-state index contributed by atoms with van der Waals surface area (Å²) >= 11 is 0. The Balaban J connectivity index is 2.24. The van der Waals surface area contributed by atoms with Crippen molar-refractivity contribution in [2.75, 3.05) is 0 Å². The Morgan fingerprint density at radius 3 is 2.55 bits per heavy atom. The van der Waals surface area contributed by atoms with Crippen LogP contribution in [0.25, 0.3) is 5.69 Å². The second-order valence-corrected chi connectivity index (χ2v) is 4.52. The number of nitrogens with one attached hydrogen (secondary N) is 1. The topological polar surface area (TPSA) is 90.0 Å². The SMILES string of the molecule is Cc1cc(C(=O)NC(C)C(N)=O)nn1-c1ccccc1. The third kappa shape index (κ3) is 2.85. The number of carbonyl (C=O) groups is 2. The van der Waals surface area contributed by atoms with E-state index in [2.05, 4.69) is 10.4 Å². The molecule has 0 aliphatic carbocycles. The van der Waals surface area contributed by atoms with Crippen molar-refractivity contribution in [1.29, 1.82) is 0 Å². The molecule has 1 atom stereocenters. The zero-order chi connectivity index (χ0) is 14.7. The molecule has 1 unspecified atom stereocenters. The van der Waals surface area contributed by atoms with Crippen LogP contribution in [0, 0.1) is 6.92 Å². The maximum absolute atomic E-state index is 12.0. The highest BCUT2D eigenvalue weighted by molar-refractivity contribution is 5.95. The molecule has 6 nitrogen and oxygen atoms in total. The number of nitrogens with zero attached hydrogens (tertiary/aromatic N) is 2. The first-order chi connectivity index (χ1) is 9.49. The van der Waals surface area contributed by atoms with Gasteiger partial charge in [-0.25, -0.2) is 4.68 Å². The van der Waals surface area contributed by atoms with Gasteiger partial charge in [-0.3, -0.25) is 9.59 Å². The smallest absolute Gasteiger partial charge is 0.272 e. The highest BCUT2D eigenvalue weighted by Crippen LogP contribution is 2.11. The Morgan fingerprint density at radius 2 is 1.95 bits per heavy atom. The molecular formula is C14H16N4O2. The molecule has 1 aromatic heterocycles. The van der Waals surface area contributed by atoms with Gasteiger partial charge in [-0.05, 0) is 32.0 Å². The fourth-order valence-corrected chi connectivity index (χ4v) is 1.76. The van der Waals surface area contributed by atoms with Crippen molar-refractivity contribution in [3.63, 3.8) is 0 Å². The summed E-state index contributed by atoms with van der Waals surface area (Å²) in [6, 6.07) is 10.4. The Morgan fingerprint density at radius 1 is 1.30 bits per heavy atom. The van der Waals surface area contributed by atoms with E-state index in [9.17, 15) is 9.59 Å². The van der Waals surface area contributed by atoms with Crippen molar-refractivity contribution >= 4 is 11.8 Å². The fourth-order valence-electron chi connectivity index (χ4n) is 1.76. The van der Waals surface area contributed by atoms with E-state index in [0.717, 1.165) is 11.4 Å². The van der Waals surface area contributed by atoms with E-state index in [4.69, 9.17) is 5.73 Å². The number of amides is 2. The summed E-state index contributed by atoms with van der Waals surface area (Å²) in [5, 5.41) is 6.74. The van der Waals surface area contributed by atoms with Gasteiger partial charge in [0.25, 0.3) is 5.91 Å². The van der Waals surface area contributed by atoms with Gasteiger partial charge >= 0.3 is 0 Å². The second-order valence-electron chi connectivity index (χ2n) is 4.52. The van der Waals surface area contributed by atoms with Crippen LogP contribution in [-0.4, -0.2) is 27.6 Å². The fraction of sp³-hybridized carbons (Fsp3) is 0.214. The van der Waals surface area contributed by atoms with Gasteiger partial charge in [0.15, 0.2) is 5.69 Å². The number of rotatable bonds is 4. The van der Waals surface area contributed by atoms with Crippen LogP contribution in [0.5, 0.6) is 0 Å². The lowest BCUT2D eigenvalue weighted by molar-refractivity contribution is -0.119. The Bertz CT molecular complexity index is 634. The van der Waals surface area contributed by atoms with Gasteiger partial charge < -0.3 is 11.1 Å². The lowest BCUT2D eigenvalue weighted by Gasteiger charge is -2.08.